The number of carbonyl (C=O) groups is 2. The van der Waals surface area contributed by atoms with Gasteiger partial charge in [-0.05, 0) is 59.9 Å². The molecule has 0 saturated carbocycles. The van der Waals surface area contributed by atoms with Crippen LogP contribution in [-0.4, -0.2) is 23.5 Å². The van der Waals surface area contributed by atoms with Crippen LogP contribution in [0.15, 0.2) is 52.3 Å². The molecule has 0 aliphatic heterocycles. The van der Waals surface area contributed by atoms with Crippen molar-refractivity contribution in [2.24, 2.45) is 0 Å². The van der Waals surface area contributed by atoms with Gasteiger partial charge in [-0.25, -0.2) is 9.78 Å². The van der Waals surface area contributed by atoms with Gasteiger partial charge in [0.2, 0.25) is 0 Å². The van der Waals surface area contributed by atoms with E-state index in [2.05, 4.69) is 10.3 Å². The van der Waals surface area contributed by atoms with Crippen molar-refractivity contribution in [3.8, 4) is 11.3 Å². The van der Waals surface area contributed by atoms with Crippen molar-refractivity contribution in [3.05, 3.63) is 62.4 Å². The average Bonchev–Trinajstić information content (AvgIpc) is 3.26. The predicted molar refractivity (Wildman–Crippen MR) is 112 cm³/mol. The molecule has 0 fully saturated rings. The topological polar surface area (TPSA) is 81.4 Å². The third-order valence-corrected chi connectivity index (χ3v) is 4.74. The van der Waals surface area contributed by atoms with E-state index < -0.39 is 11.9 Å². The van der Waals surface area contributed by atoms with Gasteiger partial charge in [0.05, 0.1) is 10.7 Å². The first kappa shape index (κ1) is 19.3. The highest BCUT2D eigenvalue weighted by molar-refractivity contribution is 14.1. The summed E-state index contributed by atoms with van der Waals surface area (Å²) in [5.74, 6) is -0.506. The number of amides is 1. The number of rotatable bonds is 6. The average molecular weight is 494 g/mol. The van der Waals surface area contributed by atoms with Gasteiger partial charge in [0, 0.05) is 22.7 Å². The Morgan fingerprint density at radius 1 is 1.33 bits per heavy atom. The Morgan fingerprint density at radius 3 is 2.89 bits per heavy atom. The molecule has 0 atom stereocenters. The molecule has 0 radical (unpaired) electrons. The lowest BCUT2D eigenvalue weighted by Crippen LogP contribution is -2.20. The summed E-state index contributed by atoms with van der Waals surface area (Å²) < 4.78 is 10.9. The zero-order valence-electron chi connectivity index (χ0n) is 14.3. The van der Waals surface area contributed by atoms with Gasteiger partial charge in [0.15, 0.2) is 10.4 Å². The van der Waals surface area contributed by atoms with Crippen LogP contribution in [0.25, 0.3) is 17.3 Å². The maximum atomic E-state index is 12.0. The van der Waals surface area contributed by atoms with Gasteiger partial charge in [-0.1, -0.05) is 12.1 Å². The van der Waals surface area contributed by atoms with Crippen molar-refractivity contribution in [2.75, 3.05) is 11.9 Å². The van der Waals surface area contributed by atoms with E-state index in [0.29, 0.717) is 11.4 Å². The molecule has 6 nitrogen and oxygen atoms in total. The fourth-order valence-corrected chi connectivity index (χ4v) is 3.26. The van der Waals surface area contributed by atoms with Crippen LogP contribution in [0.4, 0.5) is 5.69 Å². The number of thiazole rings is 1. The number of furan rings is 1. The number of ether oxygens (including phenoxy) is 1. The van der Waals surface area contributed by atoms with Crippen LogP contribution >= 0.6 is 33.9 Å². The molecule has 0 bridgehead atoms. The number of nitrogens with one attached hydrogen (secondary N) is 1. The first-order valence-corrected chi connectivity index (χ1v) is 9.88. The molecule has 1 N–H and O–H groups in total. The quantitative estimate of drug-likeness (QED) is 0.310. The van der Waals surface area contributed by atoms with Crippen molar-refractivity contribution >= 4 is 57.6 Å². The molecule has 0 aliphatic rings. The molecular formula is C19H15IN2O4S. The summed E-state index contributed by atoms with van der Waals surface area (Å²) in [6.07, 6.45) is 2.70. The number of benzene rings is 1. The standard InChI is InChI=1S/C19H15IN2O4S/c1-12-21-16(11-27-12)13-3-2-4-14(9-13)22-18(23)10-25-19(24)8-6-15-5-7-17(20)26-15/h2-9,11H,10H2,1H3,(H,22,23)/b8-6+. The van der Waals surface area contributed by atoms with Crippen LogP contribution < -0.4 is 5.32 Å². The number of carbonyl (C=O) groups excluding carboxylic acids is 2. The van der Waals surface area contributed by atoms with Gasteiger partial charge in [-0.15, -0.1) is 11.3 Å². The highest BCUT2D eigenvalue weighted by Gasteiger charge is 2.08. The zero-order chi connectivity index (χ0) is 19.2. The normalized spacial score (nSPS) is 10.9. The molecule has 0 saturated heterocycles. The van der Waals surface area contributed by atoms with E-state index >= 15 is 0 Å². The summed E-state index contributed by atoms with van der Waals surface area (Å²) in [5, 5.41) is 5.65. The lowest BCUT2D eigenvalue weighted by molar-refractivity contribution is -0.142. The highest BCUT2D eigenvalue weighted by atomic mass is 127. The maximum Gasteiger partial charge on any atom is 0.331 e. The summed E-state index contributed by atoms with van der Waals surface area (Å²) >= 11 is 3.59. The van der Waals surface area contributed by atoms with Gasteiger partial charge in [-0.2, -0.15) is 0 Å². The summed E-state index contributed by atoms with van der Waals surface area (Å²) in [6.45, 7) is 1.56. The molecular weight excluding hydrogens is 479 g/mol. The minimum atomic E-state index is -0.622. The summed E-state index contributed by atoms with van der Waals surface area (Å²) in [7, 11) is 0. The van der Waals surface area contributed by atoms with Crippen LogP contribution in [0.3, 0.4) is 0 Å². The van der Waals surface area contributed by atoms with E-state index in [1.54, 1.807) is 29.5 Å². The smallest absolute Gasteiger partial charge is 0.331 e. The van der Waals surface area contributed by atoms with E-state index in [9.17, 15) is 9.59 Å². The Labute approximate surface area is 173 Å². The molecule has 3 rings (SSSR count). The molecule has 3 aromatic rings. The lowest BCUT2D eigenvalue weighted by Gasteiger charge is -2.06. The monoisotopic (exact) mass is 494 g/mol. The van der Waals surface area contributed by atoms with Crippen LogP contribution in [0.2, 0.25) is 0 Å². The number of esters is 1. The molecule has 0 aliphatic carbocycles. The Balaban J connectivity index is 1.52. The van der Waals surface area contributed by atoms with Gasteiger partial charge in [0.1, 0.15) is 5.76 Å². The van der Waals surface area contributed by atoms with Crippen molar-refractivity contribution in [2.45, 2.75) is 6.92 Å². The SMILES string of the molecule is Cc1nc(-c2cccc(NC(=O)COC(=O)/C=C/c3ccc(I)o3)c2)cs1. The van der Waals surface area contributed by atoms with Crippen molar-refractivity contribution < 1.29 is 18.7 Å². The van der Waals surface area contributed by atoms with E-state index in [1.807, 2.05) is 53.1 Å². The zero-order valence-corrected chi connectivity index (χ0v) is 17.2. The van der Waals surface area contributed by atoms with Crippen molar-refractivity contribution in [3.63, 3.8) is 0 Å². The first-order valence-electron chi connectivity index (χ1n) is 7.92. The Bertz CT molecular complexity index is 993. The highest BCUT2D eigenvalue weighted by Crippen LogP contribution is 2.24. The molecule has 1 aromatic carbocycles. The van der Waals surface area contributed by atoms with Crippen LogP contribution in [-0.2, 0) is 14.3 Å². The number of hydrogen-bond acceptors (Lipinski definition) is 6. The maximum absolute atomic E-state index is 12.0. The van der Waals surface area contributed by atoms with E-state index in [-0.39, 0.29) is 6.61 Å². The number of aromatic nitrogens is 1. The molecule has 138 valence electrons. The van der Waals surface area contributed by atoms with E-state index in [0.717, 1.165) is 20.0 Å². The molecule has 0 spiro atoms. The van der Waals surface area contributed by atoms with Crippen LogP contribution in [0, 0.1) is 10.7 Å². The van der Waals surface area contributed by atoms with Crippen LogP contribution in [0.5, 0.6) is 0 Å². The first-order chi connectivity index (χ1) is 13.0. The lowest BCUT2D eigenvalue weighted by atomic mass is 10.1. The number of aryl methyl sites for hydroxylation is 1. The predicted octanol–water partition coefficient (Wildman–Crippen LogP) is 4.51. The van der Waals surface area contributed by atoms with Gasteiger partial charge in [0.25, 0.3) is 5.91 Å². The molecule has 8 heteroatoms. The minimum Gasteiger partial charge on any atom is -0.452 e. The minimum absolute atomic E-state index is 0.376. The van der Waals surface area contributed by atoms with E-state index in [1.165, 1.54) is 12.2 Å². The summed E-state index contributed by atoms with van der Waals surface area (Å²) in [6, 6.07) is 10.9. The number of halogens is 1. The van der Waals surface area contributed by atoms with Crippen molar-refractivity contribution in [1.29, 1.82) is 0 Å². The molecule has 1 amide bonds. The molecule has 2 heterocycles. The Kier molecular flexibility index (Phi) is 6.40. The molecule has 27 heavy (non-hydrogen) atoms. The summed E-state index contributed by atoms with van der Waals surface area (Å²) in [5.41, 5.74) is 2.38. The number of anilines is 1. The second kappa shape index (κ2) is 8.96. The fraction of sp³-hybridized carbons (Fsp3) is 0.105. The number of nitrogens with zero attached hydrogens (tertiary/aromatic N) is 1. The van der Waals surface area contributed by atoms with Crippen molar-refractivity contribution in [1.82, 2.24) is 4.98 Å². The molecule has 0 unspecified atom stereocenters. The second-order valence-electron chi connectivity index (χ2n) is 5.46. The second-order valence-corrected chi connectivity index (χ2v) is 7.59. The van der Waals surface area contributed by atoms with Gasteiger partial charge >= 0.3 is 5.97 Å². The molecule has 2 aromatic heterocycles. The Morgan fingerprint density at radius 2 is 2.19 bits per heavy atom. The Hall–Kier alpha value is -2.46. The van der Waals surface area contributed by atoms with Gasteiger partial charge < -0.3 is 14.5 Å². The largest absolute Gasteiger partial charge is 0.452 e. The van der Waals surface area contributed by atoms with Gasteiger partial charge in [-0.3, -0.25) is 4.79 Å². The third-order valence-electron chi connectivity index (χ3n) is 3.38. The fourth-order valence-electron chi connectivity index (χ4n) is 2.20. The van der Waals surface area contributed by atoms with Crippen LogP contribution in [0.1, 0.15) is 10.8 Å². The number of hydrogen-bond donors (Lipinski definition) is 1. The van der Waals surface area contributed by atoms with E-state index in [4.69, 9.17) is 9.15 Å². The third kappa shape index (κ3) is 5.76. The summed E-state index contributed by atoms with van der Waals surface area (Å²) in [4.78, 5) is 28.1.